The number of carbonyl (C=O) groups excluding carboxylic acids is 1. The zero-order valence-electron chi connectivity index (χ0n) is 11.9. The van der Waals surface area contributed by atoms with E-state index >= 15 is 0 Å². The van der Waals surface area contributed by atoms with E-state index in [1.165, 1.54) is 0 Å². The minimum atomic E-state index is -2.90. The molecule has 2 heterocycles. The number of amides is 2. The zero-order chi connectivity index (χ0) is 15.3. The van der Waals surface area contributed by atoms with Crippen molar-refractivity contribution in [2.45, 2.75) is 13.0 Å². The molecule has 0 unspecified atom stereocenters. The molecule has 0 radical (unpaired) electrons. The van der Waals surface area contributed by atoms with Crippen LogP contribution in [0.15, 0.2) is 12.4 Å². The lowest BCUT2D eigenvalue weighted by Gasteiger charge is -2.09. The summed E-state index contributed by atoms with van der Waals surface area (Å²) in [7, 11) is -1.29. The molecule has 118 valence electrons. The van der Waals surface area contributed by atoms with Crippen molar-refractivity contribution >= 4 is 21.6 Å². The first-order valence-electron chi connectivity index (χ1n) is 6.75. The molecule has 1 aromatic rings. The van der Waals surface area contributed by atoms with Crippen LogP contribution in [0.25, 0.3) is 0 Å². The van der Waals surface area contributed by atoms with Crippen LogP contribution in [0.4, 0.5) is 10.5 Å². The Labute approximate surface area is 123 Å². The van der Waals surface area contributed by atoms with E-state index < -0.39 is 9.84 Å². The summed E-state index contributed by atoms with van der Waals surface area (Å²) in [6.07, 6.45) is 3.87. The Hall–Kier alpha value is -1.61. The monoisotopic (exact) mass is 316 g/mol. The number of aromatic nitrogens is 2. The van der Waals surface area contributed by atoms with E-state index in [1.54, 1.807) is 24.2 Å². The summed E-state index contributed by atoms with van der Waals surface area (Å²) in [5, 5.41) is 9.43. The third kappa shape index (κ3) is 5.01. The number of hydrogen-bond acceptors (Lipinski definition) is 5. The van der Waals surface area contributed by atoms with Gasteiger partial charge in [-0.1, -0.05) is 0 Å². The highest BCUT2D eigenvalue weighted by molar-refractivity contribution is 7.91. The molecule has 1 saturated heterocycles. The molecule has 0 saturated carbocycles. The number of methoxy groups -OCH3 is 1. The highest BCUT2D eigenvalue weighted by atomic mass is 32.2. The quantitative estimate of drug-likeness (QED) is 0.774. The van der Waals surface area contributed by atoms with E-state index in [9.17, 15) is 13.2 Å². The van der Waals surface area contributed by atoms with Gasteiger partial charge in [-0.05, 0) is 12.3 Å². The van der Waals surface area contributed by atoms with Crippen LogP contribution in [0.5, 0.6) is 0 Å². The van der Waals surface area contributed by atoms with Gasteiger partial charge in [-0.25, -0.2) is 13.2 Å². The van der Waals surface area contributed by atoms with Crippen molar-refractivity contribution in [2.24, 2.45) is 5.92 Å². The molecule has 0 aliphatic carbocycles. The molecular formula is C12H20N4O4S. The van der Waals surface area contributed by atoms with E-state index in [1.807, 2.05) is 0 Å². The molecule has 1 aromatic heterocycles. The van der Waals surface area contributed by atoms with E-state index in [-0.39, 0.29) is 23.5 Å². The van der Waals surface area contributed by atoms with Gasteiger partial charge >= 0.3 is 6.03 Å². The SMILES string of the molecule is COCCn1cc(NC(=O)NC[C@@H]2CCS(=O)(=O)C2)cn1. The molecule has 1 fully saturated rings. The van der Waals surface area contributed by atoms with Gasteiger partial charge in [-0.3, -0.25) is 4.68 Å². The van der Waals surface area contributed by atoms with Crippen LogP contribution in [-0.2, 0) is 21.1 Å². The molecule has 2 amide bonds. The number of rotatable bonds is 6. The van der Waals surface area contributed by atoms with Crippen molar-refractivity contribution < 1.29 is 17.9 Å². The van der Waals surface area contributed by atoms with Gasteiger partial charge in [0.2, 0.25) is 0 Å². The van der Waals surface area contributed by atoms with Crippen LogP contribution >= 0.6 is 0 Å². The molecule has 0 bridgehead atoms. The second kappa shape index (κ2) is 6.90. The van der Waals surface area contributed by atoms with Gasteiger partial charge in [0.15, 0.2) is 9.84 Å². The topological polar surface area (TPSA) is 102 Å². The summed E-state index contributed by atoms with van der Waals surface area (Å²) in [6.45, 7) is 1.52. The summed E-state index contributed by atoms with van der Waals surface area (Å²) >= 11 is 0. The van der Waals surface area contributed by atoms with Crippen LogP contribution in [0, 0.1) is 5.92 Å². The van der Waals surface area contributed by atoms with Crippen LogP contribution in [0.1, 0.15) is 6.42 Å². The Morgan fingerprint density at radius 3 is 3.05 bits per heavy atom. The Morgan fingerprint density at radius 1 is 1.57 bits per heavy atom. The first-order chi connectivity index (χ1) is 9.98. The number of nitrogens with one attached hydrogen (secondary N) is 2. The zero-order valence-corrected chi connectivity index (χ0v) is 12.7. The van der Waals surface area contributed by atoms with Gasteiger partial charge in [-0.15, -0.1) is 0 Å². The summed E-state index contributed by atoms with van der Waals surface area (Å²) in [5.74, 6) is 0.375. The molecule has 1 aliphatic rings. The van der Waals surface area contributed by atoms with Gasteiger partial charge in [0.1, 0.15) is 0 Å². The fraction of sp³-hybridized carbons (Fsp3) is 0.667. The fourth-order valence-electron chi connectivity index (χ4n) is 2.18. The minimum absolute atomic E-state index is 0.00479. The molecule has 2 N–H and O–H groups in total. The molecule has 8 nitrogen and oxygen atoms in total. The largest absolute Gasteiger partial charge is 0.383 e. The molecule has 1 atom stereocenters. The predicted octanol–water partition coefficient (Wildman–Crippen LogP) is 0.0857. The molecule has 1 aliphatic heterocycles. The van der Waals surface area contributed by atoms with Crippen molar-refractivity contribution in [3.05, 3.63) is 12.4 Å². The second-order valence-corrected chi connectivity index (χ2v) is 7.32. The summed E-state index contributed by atoms with van der Waals surface area (Å²) in [6, 6.07) is -0.356. The van der Waals surface area contributed by atoms with Gasteiger partial charge in [0, 0.05) is 19.9 Å². The molecule has 9 heteroatoms. The van der Waals surface area contributed by atoms with E-state index in [4.69, 9.17) is 4.74 Å². The predicted molar refractivity (Wildman–Crippen MR) is 77.9 cm³/mol. The van der Waals surface area contributed by atoms with Crippen LogP contribution in [0.3, 0.4) is 0 Å². The lowest BCUT2D eigenvalue weighted by Crippen LogP contribution is -2.33. The Morgan fingerprint density at radius 2 is 2.38 bits per heavy atom. The maximum atomic E-state index is 11.7. The van der Waals surface area contributed by atoms with Crippen molar-refractivity contribution in [1.82, 2.24) is 15.1 Å². The van der Waals surface area contributed by atoms with Gasteiger partial charge in [0.25, 0.3) is 0 Å². The number of anilines is 1. The lowest BCUT2D eigenvalue weighted by molar-refractivity contribution is 0.183. The highest BCUT2D eigenvalue weighted by Crippen LogP contribution is 2.17. The first kappa shape index (κ1) is 15.8. The van der Waals surface area contributed by atoms with Crippen LogP contribution in [0.2, 0.25) is 0 Å². The van der Waals surface area contributed by atoms with Crippen molar-refractivity contribution in [3.63, 3.8) is 0 Å². The minimum Gasteiger partial charge on any atom is -0.383 e. The van der Waals surface area contributed by atoms with Gasteiger partial charge in [-0.2, -0.15) is 5.10 Å². The third-order valence-corrected chi connectivity index (χ3v) is 5.13. The van der Waals surface area contributed by atoms with Crippen LogP contribution in [-0.4, -0.2) is 56.0 Å². The number of urea groups is 1. The number of ether oxygens (including phenoxy) is 1. The molecule has 2 rings (SSSR count). The normalized spacial score (nSPS) is 20.3. The number of sulfone groups is 1. The smallest absolute Gasteiger partial charge is 0.319 e. The number of nitrogens with zero attached hydrogens (tertiary/aromatic N) is 2. The summed E-state index contributed by atoms with van der Waals surface area (Å²) in [4.78, 5) is 11.7. The van der Waals surface area contributed by atoms with E-state index in [0.29, 0.717) is 31.8 Å². The van der Waals surface area contributed by atoms with Crippen molar-refractivity contribution in [3.8, 4) is 0 Å². The highest BCUT2D eigenvalue weighted by Gasteiger charge is 2.27. The fourth-order valence-corrected chi connectivity index (χ4v) is 4.04. The maximum absolute atomic E-state index is 11.7. The lowest BCUT2D eigenvalue weighted by atomic mass is 10.1. The second-order valence-electron chi connectivity index (χ2n) is 5.09. The Bertz CT molecular complexity index is 584. The van der Waals surface area contributed by atoms with Crippen LogP contribution < -0.4 is 10.6 Å². The van der Waals surface area contributed by atoms with Gasteiger partial charge < -0.3 is 15.4 Å². The average Bonchev–Trinajstić information content (AvgIpc) is 3.00. The summed E-state index contributed by atoms with van der Waals surface area (Å²) < 4.78 is 29.2. The first-order valence-corrected chi connectivity index (χ1v) is 8.57. The van der Waals surface area contributed by atoms with Gasteiger partial charge in [0.05, 0.1) is 36.5 Å². The van der Waals surface area contributed by atoms with Crippen molar-refractivity contribution in [2.75, 3.05) is 37.1 Å². The van der Waals surface area contributed by atoms with E-state index in [2.05, 4.69) is 15.7 Å². The molecule has 0 spiro atoms. The standard InChI is InChI=1S/C12H20N4O4S/c1-20-4-3-16-8-11(7-14-16)15-12(17)13-6-10-2-5-21(18,19)9-10/h7-8,10H,2-6,9H2,1H3,(H2,13,15,17)/t10-/m0/s1. The molecular weight excluding hydrogens is 296 g/mol. The Balaban J connectivity index is 1.73. The van der Waals surface area contributed by atoms with E-state index in [0.717, 1.165) is 0 Å². The van der Waals surface area contributed by atoms with Crippen molar-refractivity contribution in [1.29, 1.82) is 0 Å². The summed E-state index contributed by atoms with van der Waals surface area (Å²) in [5.41, 5.74) is 0.586. The molecule has 0 aromatic carbocycles. The maximum Gasteiger partial charge on any atom is 0.319 e. The Kier molecular flexibility index (Phi) is 5.18. The number of hydrogen-bond donors (Lipinski definition) is 2. The molecule has 21 heavy (non-hydrogen) atoms. The third-order valence-electron chi connectivity index (χ3n) is 3.29. The number of carbonyl (C=O) groups is 1. The average molecular weight is 316 g/mol.